The first-order valence-electron chi connectivity index (χ1n) is 6.14. The molecule has 0 saturated carbocycles. The fourth-order valence-electron chi connectivity index (χ4n) is 1.60. The van der Waals surface area contributed by atoms with Crippen LogP contribution >= 0.6 is 0 Å². The zero-order valence-electron chi connectivity index (χ0n) is 11.0. The molecule has 0 aliphatic rings. The number of hydrogen-bond acceptors (Lipinski definition) is 5. The Bertz CT molecular complexity index is 357. The van der Waals surface area contributed by atoms with E-state index in [0.717, 1.165) is 18.7 Å². The molecule has 0 aromatic carbocycles. The lowest BCUT2D eigenvalue weighted by Gasteiger charge is -2.19. The summed E-state index contributed by atoms with van der Waals surface area (Å²) >= 11 is 0. The van der Waals surface area contributed by atoms with E-state index in [1.54, 1.807) is 13.1 Å². The molecule has 1 unspecified atom stereocenters. The number of likely N-dealkylation sites (N-methyl/N-ethyl adjacent to an activating group) is 1. The summed E-state index contributed by atoms with van der Waals surface area (Å²) in [6, 6.07) is 5.26. The number of aromatic nitrogens is 1. The fraction of sp³-hybridized carbons (Fsp3) is 0.538. The van der Waals surface area contributed by atoms with E-state index in [1.807, 2.05) is 30.1 Å². The molecule has 0 bridgehead atoms. The molecule has 5 nitrogen and oxygen atoms in total. The summed E-state index contributed by atoms with van der Waals surface area (Å²) in [5, 5.41) is 0. The molecule has 2 N–H and O–H groups in total. The molecular formula is C13H21N3O2. The Morgan fingerprint density at radius 1 is 1.56 bits per heavy atom. The van der Waals surface area contributed by atoms with Crippen LogP contribution in [0.15, 0.2) is 24.4 Å². The molecule has 0 saturated heterocycles. The highest BCUT2D eigenvalue weighted by atomic mass is 16.5. The molecule has 0 fully saturated rings. The number of pyridine rings is 1. The molecule has 1 aromatic rings. The third kappa shape index (κ3) is 5.25. The molecule has 100 valence electrons. The second-order valence-electron chi connectivity index (χ2n) is 4.19. The number of carbonyl (C=O) groups excluding carboxylic acids is 1. The monoisotopic (exact) mass is 251 g/mol. The van der Waals surface area contributed by atoms with Gasteiger partial charge >= 0.3 is 5.97 Å². The molecule has 0 amide bonds. The van der Waals surface area contributed by atoms with E-state index in [9.17, 15) is 4.79 Å². The summed E-state index contributed by atoms with van der Waals surface area (Å²) in [6.45, 7) is 3.44. The van der Waals surface area contributed by atoms with E-state index in [-0.39, 0.29) is 5.97 Å². The van der Waals surface area contributed by atoms with E-state index in [0.29, 0.717) is 13.2 Å². The van der Waals surface area contributed by atoms with Crippen LogP contribution in [0.2, 0.25) is 0 Å². The molecule has 1 aromatic heterocycles. The second-order valence-corrected chi connectivity index (χ2v) is 4.19. The first-order chi connectivity index (χ1) is 8.63. The number of nitrogens with two attached hydrogens (primary N) is 1. The van der Waals surface area contributed by atoms with Crippen LogP contribution in [0.1, 0.15) is 12.6 Å². The first-order valence-corrected chi connectivity index (χ1v) is 6.14. The van der Waals surface area contributed by atoms with E-state index >= 15 is 0 Å². The summed E-state index contributed by atoms with van der Waals surface area (Å²) in [5.41, 5.74) is 6.78. The lowest BCUT2D eigenvalue weighted by molar-refractivity contribution is -0.145. The van der Waals surface area contributed by atoms with Crippen molar-refractivity contribution >= 4 is 5.97 Å². The third-order valence-corrected chi connectivity index (χ3v) is 2.57. The highest BCUT2D eigenvalue weighted by molar-refractivity contribution is 5.75. The van der Waals surface area contributed by atoms with Crippen LogP contribution in [0.25, 0.3) is 0 Å². The summed E-state index contributed by atoms with van der Waals surface area (Å²) < 4.78 is 4.86. The van der Waals surface area contributed by atoms with E-state index in [1.165, 1.54) is 0 Å². The zero-order valence-corrected chi connectivity index (χ0v) is 11.0. The predicted molar refractivity (Wildman–Crippen MR) is 70.0 cm³/mol. The summed E-state index contributed by atoms with van der Waals surface area (Å²) in [7, 11) is 1.93. The molecule has 0 aliphatic carbocycles. The van der Waals surface area contributed by atoms with Gasteiger partial charge in [0.05, 0.1) is 6.61 Å². The van der Waals surface area contributed by atoms with E-state index in [2.05, 4.69) is 4.98 Å². The van der Waals surface area contributed by atoms with Crippen LogP contribution in [0.4, 0.5) is 0 Å². The standard InChI is InChI=1S/C13H21N3O2/c1-3-18-13(17)12(14)10-16(2)9-7-11-6-4-5-8-15-11/h4-6,8,12H,3,7,9-10,14H2,1-2H3. The van der Waals surface area contributed by atoms with Crippen LogP contribution in [0.5, 0.6) is 0 Å². The topological polar surface area (TPSA) is 68.5 Å². The molecule has 0 radical (unpaired) electrons. The number of rotatable bonds is 7. The lowest BCUT2D eigenvalue weighted by atomic mass is 10.2. The smallest absolute Gasteiger partial charge is 0.324 e. The molecule has 1 atom stereocenters. The highest BCUT2D eigenvalue weighted by Crippen LogP contribution is 1.97. The van der Waals surface area contributed by atoms with Crippen molar-refractivity contribution in [2.24, 2.45) is 5.73 Å². The average molecular weight is 251 g/mol. The lowest BCUT2D eigenvalue weighted by Crippen LogP contribution is -2.42. The van der Waals surface area contributed by atoms with Gasteiger partial charge in [0, 0.05) is 31.4 Å². The zero-order chi connectivity index (χ0) is 13.4. The van der Waals surface area contributed by atoms with Crippen LogP contribution in [-0.4, -0.2) is 48.6 Å². The van der Waals surface area contributed by atoms with Gasteiger partial charge in [-0.1, -0.05) is 6.07 Å². The van der Waals surface area contributed by atoms with Crippen molar-refractivity contribution in [1.29, 1.82) is 0 Å². The minimum absolute atomic E-state index is 0.345. The molecule has 1 rings (SSSR count). The molecule has 0 aliphatic heterocycles. The Morgan fingerprint density at radius 2 is 2.33 bits per heavy atom. The van der Waals surface area contributed by atoms with Gasteiger partial charge in [-0.25, -0.2) is 0 Å². The van der Waals surface area contributed by atoms with Crippen molar-refractivity contribution < 1.29 is 9.53 Å². The molecule has 18 heavy (non-hydrogen) atoms. The van der Waals surface area contributed by atoms with Gasteiger partial charge in [0.15, 0.2) is 0 Å². The Labute approximate surface area is 108 Å². The van der Waals surface area contributed by atoms with Crippen LogP contribution in [-0.2, 0) is 16.0 Å². The first kappa shape index (κ1) is 14.6. The van der Waals surface area contributed by atoms with Crippen molar-refractivity contribution in [2.75, 3.05) is 26.7 Å². The highest BCUT2D eigenvalue weighted by Gasteiger charge is 2.16. The van der Waals surface area contributed by atoms with Gasteiger partial charge in [-0.05, 0) is 26.1 Å². The number of carbonyl (C=O) groups is 1. The van der Waals surface area contributed by atoms with Crippen molar-refractivity contribution in [2.45, 2.75) is 19.4 Å². The Hall–Kier alpha value is -1.46. The van der Waals surface area contributed by atoms with Crippen LogP contribution in [0, 0.1) is 0 Å². The Balaban J connectivity index is 2.29. The summed E-state index contributed by atoms with van der Waals surface area (Å²) in [4.78, 5) is 17.6. The van der Waals surface area contributed by atoms with E-state index in [4.69, 9.17) is 10.5 Å². The molecule has 1 heterocycles. The van der Waals surface area contributed by atoms with Crippen molar-refractivity contribution in [1.82, 2.24) is 9.88 Å². The Morgan fingerprint density at radius 3 is 2.94 bits per heavy atom. The van der Waals surface area contributed by atoms with Gasteiger partial charge in [0.2, 0.25) is 0 Å². The van der Waals surface area contributed by atoms with Gasteiger partial charge in [-0.15, -0.1) is 0 Å². The van der Waals surface area contributed by atoms with Crippen LogP contribution < -0.4 is 5.73 Å². The van der Waals surface area contributed by atoms with Crippen LogP contribution in [0.3, 0.4) is 0 Å². The number of esters is 1. The van der Waals surface area contributed by atoms with Gasteiger partial charge in [-0.3, -0.25) is 9.78 Å². The predicted octanol–water partition coefficient (Wildman–Crippen LogP) is 0.446. The second kappa shape index (κ2) is 7.79. The van der Waals surface area contributed by atoms with Crippen molar-refractivity contribution in [3.05, 3.63) is 30.1 Å². The van der Waals surface area contributed by atoms with Gasteiger partial charge in [-0.2, -0.15) is 0 Å². The number of ether oxygens (including phenoxy) is 1. The molecule has 5 heteroatoms. The normalized spacial score (nSPS) is 12.4. The van der Waals surface area contributed by atoms with Crippen molar-refractivity contribution in [3.63, 3.8) is 0 Å². The fourth-order valence-corrected chi connectivity index (χ4v) is 1.60. The summed E-state index contributed by atoms with van der Waals surface area (Å²) in [6.07, 6.45) is 2.62. The maximum absolute atomic E-state index is 11.4. The number of nitrogens with zero attached hydrogens (tertiary/aromatic N) is 2. The van der Waals surface area contributed by atoms with Crippen molar-refractivity contribution in [3.8, 4) is 0 Å². The maximum atomic E-state index is 11.4. The minimum atomic E-state index is -0.585. The largest absolute Gasteiger partial charge is 0.465 e. The SMILES string of the molecule is CCOC(=O)C(N)CN(C)CCc1ccccn1. The van der Waals surface area contributed by atoms with Gasteiger partial charge < -0.3 is 15.4 Å². The maximum Gasteiger partial charge on any atom is 0.324 e. The van der Waals surface area contributed by atoms with Gasteiger partial charge in [0.25, 0.3) is 0 Å². The minimum Gasteiger partial charge on any atom is -0.465 e. The quantitative estimate of drug-likeness (QED) is 0.712. The van der Waals surface area contributed by atoms with E-state index < -0.39 is 6.04 Å². The molecular weight excluding hydrogens is 230 g/mol. The number of hydrogen-bond donors (Lipinski definition) is 1. The summed E-state index contributed by atoms with van der Waals surface area (Å²) in [5.74, 6) is -0.345. The third-order valence-electron chi connectivity index (χ3n) is 2.57. The average Bonchev–Trinajstić information content (AvgIpc) is 2.38. The molecule has 0 spiro atoms. The Kier molecular flexibility index (Phi) is 6.32. The van der Waals surface area contributed by atoms with Gasteiger partial charge in [0.1, 0.15) is 6.04 Å².